The average molecular weight is 375 g/mol. The van der Waals surface area contributed by atoms with Crippen molar-refractivity contribution in [3.8, 4) is 23.0 Å². The lowest BCUT2D eigenvalue weighted by atomic mass is 10.2. The summed E-state index contributed by atoms with van der Waals surface area (Å²) in [6.07, 6.45) is 0. The van der Waals surface area contributed by atoms with Crippen molar-refractivity contribution in [3.63, 3.8) is 0 Å². The van der Waals surface area contributed by atoms with Gasteiger partial charge in [-0.2, -0.15) is 4.98 Å². The zero-order valence-electron chi connectivity index (χ0n) is 12.0. The van der Waals surface area contributed by atoms with Gasteiger partial charge in [0.15, 0.2) is 10.4 Å². The molecule has 0 radical (unpaired) electrons. The molecule has 0 amide bonds. The molecule has 0 saturated heterocycles. The second kappa shape index (κ2) is 5.24. The minimum absolute atomic E-state index is 0.131. The molecule has 3 aromatic heterocycles. The molecule has 0 aliphatic heterocycles. The first-order valence-electron chi connectivity index (χ1n) is 6.98. The summed E-state index contributed by atoms with van der Waals surface area (Å²) in [5.74, 6) is 1.21. The maximum atomic E-state index is 11.8. The molecule has 0 atom stereocenters. The SMILES string of the molecule is CCn1c(=O)[nH]c2cc(-c3noc(-c4ccc(Br)o4)n3)ccc21. The minimum atomic E-state index is -0.131. The molecule has 1 aromatic carbocycles. The summed E-state index contributed by atoms with van der Waals surface area (Å²) < 4.78 is 12.9. The number of nitrogens with one attached hydrogen (secondary N) is 1. The zero-order valence-corrected chi connectivity index (χ0v) is 13.6. The molecule has 4 aromatic rings. The summed E-state index contributed by atoms with van der Waals surface area (Å²) >= 11 is 3.23. The number of nitrogens with zero attached hydrogens (tertiary/aromatic N) is 3. The number of rotatable bonds is 3. The number of halogens is 1. The number of benzene rings is 1. The standard InChI is InChI=1S/C15H11BrN4O3/c1-2-20-10-4-3-8(7-9(10)17-15(20)21)13-18-14(23-19-13)11-5-6-12(16)22-11/h3-7H,2H2,1H3,(H,17,21). The van der Waals surface area contributed by atoms with E-state index >= 15 is 0 Å². The fraction of sp³-hybridized carbons (Fsp3) is 0.133. The monoisotopic (exact) mass is 374 g/mol. The highest BCUT2D eigenvalue weighted by Crippen LogP contribution is 2.27. The van der Waals surface area contributed by atoms with Gasteiger partial charge in [0, 0.05) is 12.1 Å². The van der Waals surface area contributed by atoms with Crippen LogP contribution in [0, 0.1) is 0 Å². The number of hydrogen-bond acceptors (Lipinski definition) is 5. The number of aromatic nitrogens is 4. The third-order valence-corrected chi connectivity index (χ3v) is 3.98. The van der Waals surface area contributed by atoms with Gasteiger partial charge >= 0.3 is 5.69 Å². The number of furan rings is 1. The van der Waals surface area contributed by atoms with Crippen LogP contribution in [0.25, 0.3) is 34.1 Å². The Labute approximate surface area is 138 Å². The van der Waals surface area contributed by atoms with Crippen LogP contribution in [-0.4, -0.2) is 19.7 Å². The Kier molecular flexibility index (Phi) is 3.19. The summed E-state index contributed by atoms with van der Waals surface area (Å²) in [5, 5.41) is 3.97. The van der Waals surface area contributed by atoms with Crippen molar-refractivity contribution >= 4 is 27.0 Å². The molecular formula is C15H11BrN4O3. The van der Waals surface area contributed by atoms with E-state index in [1.807, 2.05) is 25.1 Å². The Bertz CT molecular complexity index is 1060. The van der Waals surface area contributed by atoms with Crippen LogP contribution in [0.5, 0.6) is 0 Å². The maximum absolute atomic E-state index is 11.8. The van der Waals surface area contributed by atoms with Gasteiger partial charge in [0.1, 0.15) is 0 Å². The highest BCUT2D eigenvalue weighted by molar-refractivity contribution is 9.10. The first-order chi connectivity index (χ1) is 11.2. The molecule has 8 heteroatoms. The molecule has 116 valence electrons. The summed E-state index contributed by atoms with van der Waals surface area (Å²) in [7, 11) is 0. The molecule has 3 heterocycles. The van der Waals surface area contributed by atoms with E-state index in [1.165, 1.54) is 0 Å². The van der Waals surface area contributed by atoms with Crippen LogP contribution in [0.2, 0.25) is 0 Å². The van der Waals surface area contributed by atoms with Crippen molar-refractivity contribution in [2.24, 2.45) is 0 Å². The van der Waals surface area contributed by atoms with Crippen LogP contribution < -0.4 is 5.69 Å². The van der Waals surface area contributed by atoms with Gasteiger partial charge < -0.3 is 13.9 Å². The predicted octanol–water partition coefficient (Wildman–Crippen LogP) is 3.42. The lowest BCUT2D eigenvalue weighted by Gasteiger charge is -1.98. The molecule has 0 saturated carbocycles. The molecule has 0 aliphatic carbocycles. The summed E-state index contributed by atoms with van der Waals surface area (Å²) in [6.45, 7) is 2.54. The molecule has 23 heavy (non-hydrogen) atoms. The second-order valence-corrected chi connectivity index (χ2v) is 5.71. The molecule has 0 unspecified atom stereocenters. The third-order valence-electron chi connectivity index (χ3n) is 3.56. The predicted molar refractivity (Wildman–Crippen MR) is 86.9 cm³/mol. The van der Waals surface area contributed by atoms with Crippen LogP contribution >= 0.6 is 15.9 Å². The van der Waals surface area contributed by atoms with Crippen LogP contribution in [0.4, 0.5) is 0 Å². The minimum Gasteiger partial charge on any atom is -0.444 e. The van der Waals surface area contributed by atoms with E-state index in [4.69, 9.17) is 8.94 Å². The van der Waals surface area contributed by atoms with E-state index in [2.05, 4.69) is 31.1 Å². The Morgan fingerprint density at radius 1 is 1.30 bits per heavy atom. The normalized spacial score (nSPS) is 11.4. The van der Waals surface area contributed by atoms with Crippen molar-refractivity contribution in [1.29, 1.82) is 0 Å². The Morgan fingerprint density at radius 2 is 2.17 bits per heavy atom. The van der Waals surface area contributed by atoms with Gasteiger partial charge in [-0.25, -0.2) is 4.79 Å². The number of H-pyrrole nitrogens is 1. The lowest BCUT2D eigenvalue weighted by Crippen LogP contribution is -2.14. The molecule has 0 fully saturated rings. The quantitative estimate of drug-likeness (QED) is 0.593. The van der Waals surface area contributed by atoms with E-state index in [1.54, 1.807) is 16.7 Å². The second-order valence-electron chi connectivity index (χ2n) is 4.93. The van der Waals surface area contributed by atoms with Crippen molar-refractivity contribution in [2.75, 3.05) is 0 Å². The molecule has 0 aliphatic rings. The van der Waals surface area contributed by atoms with Gasteiger partial charge in [0.25, 0.3) is 5.89 Å². The number of hydrogen-bond donors (Lipinski definition) is 1. The van der Waals surface area contributed by atoms with Crippen LogP contribution in [0.3, 0.4) is 0 Å². The molecule has 1 N–H and O–H groups in total. The van der Waals surface area contributed by atoms with Crippen LogP contribution in [-0.2, 0) is 6.54 Å². The summed E-state index contributed by atoms with van der Waals surface area (Å²) in [6, 6.07) is 9.04. The number of imidazole rings is 1. The van der Waals surface area contributed by atoms with Crippen molar-refractivity contribution in [3.05, 3.63) is 45.5 Å². The molecule has 7 nitrogen and oxygen atoms in total. The fourth-order valence-electron chi connectivity index (χ4n) is 2.49. The smallest absolute Gasteiger partial charge is 0.326 e. The number of fused-ring (bicyclic) bond motifs is 1. The Morgan fingerprint density at radius 3 is 2.91 bits per heavy atom. The highest BCUT2D eigenvalue weighted by atomic mass is 79.9. The van der Waals surface area contributed by atoms with E-state index in [0.717, 1.165) is 16.6 Å². The van der Waals surface area contributed by atoms with Gasteiger partial charge in [-0.05, 0) is 53.2 Å². The van der Waals surface area contributed by atoms with E-state index in [9.17, 15) is 4.79 Å². The molecule has 0 spiro atoms. The van der Waals surface area contributed by atoms with Crippen molar-refractivity contribution in [2.45, 2.75) is 13.5 Å². The molecule has 0 bridgehead atoms. The highest BCUT2D eigenvalue weighted by Gasteiger charge is 2.15. The van der Waals surface area contributed by atoms with Gasteiger partial charge in [-0.15, -0.1) is 0 Å². The Hall–Kier alpha value is -2.61. The van der Waals surface area contributed by atoms with E-state index < -0.39 is 0 Å². The number of aryl methyl sites for hydroxylation is 1. The molecular weight excluding hydrogens is 364 g/mol. The van der Waals surface area contributed by atoms with Crippen LogP contribution in [0.1, 0.15) is 6.92 Å². The van der Waals surface area contributed by atoms with Gasteiger partial charge in [-0.1, -0.05) is 5.16 Å². The fourth-order valence-corrected chi connectivity index (χ4v) is 2.79. The lowest BCUT2D eigenvalue weighted by molar-refractivity contribution is 0.414. The maximum Gasteiger partial charge on any atom is 0.326 e. The topological polar surface area (TPSA) is 89.9 Å². The Balaban J connectivity index is 1.77. The summed E-state index contributed by atoms with van der Waals surface area (Å²) in [5.41, 5.74) is 2.21. The van der Waals surface area contributed by atoms with E-state index in [-0.39, 0.29) is 5.69 Å². The summed E-state index contributed by atoms with van der Waals surface area (Å²) in [4.78, 5) is 19.0. The van der Waals surface area contributed by atoms with Gasteiger partial charge in [0.2, 0.25) is 5.82 Å². The van der Waals surface area contributed by atoms with Gasteiger partial charge in [-0.3, -0.25) is 4.57 Å². The zero-order chi connectivity index (χ0) is 16.0. The van der Waals surface area contributed by atoms with Crippen LogP contribution in [0.15, 0.2) is 48.7 Å². The van der Waals surface area contributed by atoms with Crippen molar-refractivity contribution in [1.82, 2.24) is 19.7 Å². The first-order valence-corrected chi connectivity index (χ1v) is 7.77. The number of aromatic amines is 1. The van der Waals surface area contributed by atoms with Gasteiger partial charge in [0.05, 0.1) is 11.0 Å². The molecule has 4 rings (SSSR count). The van der Waals surface area contributed by atoms with Crippen molar-refractivity contribution < 1.29 is 8.94 Å². The largest absolute Gasteiger partial charge is 0.444 e. The third kappa shape index (κ3) is 2.31. The first kappa shape index (κ1) is 14.0. The van der Waals surface area contributed by atoms with E-state index in [0.29, 0.717) is 28.7 Å². The average Bonchev–Trinajstić information content (AvgIpc) is 3.23.